The zero-order valence-electron chi connectivity index (χ0n) is 16.9. The number of aryl methyl sites for hydroxylation is 1. The van der Waals surface area contributed by atoms with Gasteiger partial charge in [-0.3, -0.25) is 0 Å². The van der Waals surface area contributed by atoms with Crippen LogP contribution < -0.4 is 19.5 Å². The van der Waals surface area contributed by atoms with Gasteiger partial charge in [0.05, 0.1) is 7.11 Å². The van der Waals surface area contributed by atoms with Crippen LogP contribution >= 0.6 is 0 Å². The third-order valence-corrected chi connectivity index (χ3v) is 5.70. The Morgan fingerprint density at radius 2 is 1.79 bits per heavy atom. The highest BCUT2D eigenvalue weighted by Gasteiger charge is 2.23. The lowest BCUT2D eigenvalue weighted by Gasteiger charge is -2.32. The van der Waals surface area contributed by atoms with E-state index in [9.17, 15) is 4.79 Å². The molecule has 6 nitrogen and oxygen atoms in total. The number of ether oxygens (including phenoxy) is 3. The topological polar surface area (TPSA) is 60.0 Å². The van der Waals surface area contributed by atoms with E-state index in [2.05, 4.69) is 17.4 Å². The Kier molecular flexibility index (Phi) is 6.08. The van der Waals surface area contributed by atoms with Gasteiger partial charge < -0.3 is 24.4 Å². The number of amides is 2. The van der Waals surface area contributed by atoms with Crippen molar-refractivity contribution in [2.75, 3.05) is 38.7 Å². The quantitative estimate of drug-likeness (QED) is 0.817. The van der Waals surface area contributed by atoms with E-state index in [1.165, 1.54) is 5.56 Å². The highest BCUT2D eigenvalue weighted by Crippen LogP contribution is 2.33. The summed E-state index contributed by atoms with van der Waals surface area (Å²) in [6.45, 7) is 2.69. The molecule has 29 heavy (non-hydrogen) atoms. The summed E-state index contributed by atoms with van der Waals surface area (Å²) < 4.78 is 16.3. The van der Waals surface area contributed by atoms with Crippen molar-refractivity contribution in [3.8, 4) is 17.2 Å². The second kappa shape index (κ2) is 9.07. The van der Waals surface area contributed by atoms with Crippen LogP contribution in [0.15, 0.2) is 42.5 Å². The average Bonchev–Trinajstić information content (AvgIpc) is 2.78. The molecule has 2 aliphatic heterocycles. The molecular weight excluding hydrogens is 368 g/mol. The summed E-state index contributed by atoms with van der Waals surface area (Å²) in [5.41, 5.74) is 2.07. The summed E-state index contributed by atoms with van der Waals surface area (Å²) in [6.07, 6.45) is 4.32. The van der Waals surface area contributed by atoms with Crippen molar-refractivity contribution in [3.05, 3.63) is 48.0 Å². The molecule has 2 aromatic rings. The van der Waals surface area contributed by atoms with Crippen molar-refractivity contribution in [3.63, 3.8) is 0 Å². The maximum atomic E-state index is 12.6. The Bertz CT molecular complexity index is 829. The number of methoxy groups -OCH3 is 1. The first-order chi connectivity index (χ1) is 14.2. The normalized spacial score (nSPS) is 16.4. The zero-order chi connectivity index (χ0) is 20.1. The molecule has 4 rings (SSSR count). The monoisotopic (exact) mass is 396 g/mol. The van der Waals surface area contributed by atoms with Crippen LogP contribution in [0.25, 0.3) is 0 Å². The first-order valence-electron chi connectivity index (χ1n) is 10.3. The molecule has 0 spiro atoms. The fraction of sp³-hybridized carbons (Fsp3) is 0.435. The largest absolute Gasteiger partial charge is 0.497 e. The predicted octanol–water partition coefficient (Wildman–Crippen LogP) is 4.34. The minimum Gasteiger partial charge on any atom is -0.497 e. The van der Waals surface area contributed by atoms with Gasteiger partial charge in [-0.05, 0) is 61.4 Å². The van der Waals surface area contributed by atoms with E-state index in [0.29, 0.717) is 24.9 Å². The van der Waals surface area contributed by atoms with E-state index >= 15 is 0 Å². The van der Waals surface area contributed by atoms with Gasteiger partial charge in [-0.15, -0.1) is 0 Å². The maximum Gasteiger partial charge on any atom is 0.321 e. The molecule has 1 fully saturated rings. The van der Waals surface area contributed by atoms with Gasteiger partial charge in [0, 0.05) is 24.8 Å². The first-order valence-corrected chi connectivity index (χ1v) is 10.3. The highest BCUT2D eigenvalue weighted by molar-refractivity contribution is 5.89. The van der Waals surface area contributed by atoms with Gasteiger partial charge in [0.1, 0.15) is 19.0 Å². The minimum atomic E-state index is -0.0460. The lowest BCUT2D eigenvalue weighted by molar-refractivity contribution is 0.171. The SMILES string of the molecule is COc1ccc(CCC2CCN(C(=O)Nc3ccc4c(c3)OCCO4)CC2)cc1. The average molecular weight is 396 g/mol. The van der Waals surface area contributed by atoms with Crippen LogP contribution in [0.3, 0.4) is 0 Å². The van der Waals surface area contributed by atoms with Crippen LogP contribution in [0.2, 0.25) is 0 Å². The van der Waals surface area contributed by atoms with Crippen molar-refractivity contribution in [2.45, 2.75) is 25.7 Å². The number of likely N-dealkylation sites (tertiary alicyclic amines) is 1. The highest BCUT2D eigenvalue weighted by atomic mass is 16.6. The third kappa shape index (κ3) is 4.94. The Labute approximate surface area is 171 Å². The predicted molar refractivity (Wildman–Crippen MR) is 112 cm³/mol. The Balaban J connectivity index is 1.23. The minimum absolute atomic E-state index is 0.0460. The smallest absolute Gasteiger partial charge is 0.321 e. The molecule has 154 valence electrons. The molecule has 0 aliphatic carbocycles. The van der Waals surface area contributed by atoms with Crippen molar-refractivity contribution in [1.82, 2.24) is 4.90 Å². The van der Waals surface area contributed by atoms with E-state index in [1.54, 1.807) is 7.11 Å². The van der Waals surface area contributed by atoms with Crippen molar-refractivity contribution >= 4 is 11.7 Å². The maximum absolute atomic E-state index is 12.6. The fourth-order valence-corrected chi connectivity index (χ4v) is 3.91. The fourth-order valence-electron chi connectivity index (χ4n) is 3.91. The van der Waals surface area contributed by atoms with E-state index in [4.69, 9.17) is 14.2 Å². The van der Waals surface area contributed by atoms with Gasteiger partial charge in [0.2, 0.25) is 0 Å². The second-order valence-corrected chi connectivity index (χ2v) is 7.61. The summed E-state index contributed by atoms with van der Waals surface area (Å²) in [5.74, 6) is 2.97. The van der Waals surface area contributed by atoms with Gasteiger partial charge in [-0.2, -0.15) is 0 Å². The summed E-state index contributed by atoms with van der Waals surface area (Å²) in [4.78, 5) is 14.5. The van der Waals surface area contributed by atoms with E-state index in [-0.39, 0.29) is 6.03 Å². The van der Waals surface area contributed by atoms with Crippen LogP contribution in [0.4, 0.5) is 10.5 Å². The third-order valence-electron chi connectivity index (χ3n) is 5.70. The zero-order valence-corrected chi connectivity index (χ0v) is 16.9. The van der Waals surface area contributed by atoms with Gasteiger partial charge in [-0.1, -0.05) is 12.1 Å². The molecule has 6 heteroatoms. The number of hydrogen-bond acceptors (Lipinski definition) is 4. The van der Waals surface area contributed by atoms with E-state index in [0.717, 1.165) is 56.0 Å². The lowest BCUT2D eigenvalue weighted by atomic mass is 9.90. The summed E-state index contributed by atoms with van der Waals surface area (Å²) in [6, 6.07) is 13.8. The molecule has 2 amide bonds. The number of benzene rings is 2. The number of rotatable bonds is 5. The molecule has 1 saturated heterocycles. The van der Waals surface area contributed by atoms with Crippen LogP contribution in [0, 0.1) is 5.92 Å². The number of nitrogens with zero attached hydrogens (tertiary/aromatic N) is 1. The number of carbonyl (C=O) groups excluding carboxylic acids is 1. The number of piperidine rings is 1. The van der Waals surface area contributed by atoms with Crippen LogP contribution in [0.1, 0.15) is 24.8 Å². The number of carbonyl (C=O) groups is 1. The van der Waals surface area contributed by atoms with Gasteiger partial charge in [0.25, 0.3) is 0 Å². The molecule has 2 aromatic carbocycles. The number of nitrogens with one attached hydrogen (secondary N) is 1. The molecule has 2 heterocycles. The van der Waals surface area contributed by atoms with Crippen molar-refractivity contribution in [2.24, 2.45) is 5.92 Å². The Morgan fingerprint density at radius 3 is 2.52 bits per heavy atom. The second-order valence-electron chi connectivity index (χ2n) is 7.61. The summed E-state index contributed by atoms with van der Waals surface area (Å²) in [7, 11) is 1.69. The first kappa shape index (κ1) is 19.4. The molecule has 0 radical (unpaired) electrons. The molecule has 0 bridgehead atoms. The van der Waals surface area contributed by atoms with Gasteiger partial charge in [0.15, 0.2) is 11.5 Å². The van der Waals surface area contributed by atoms with Crippen LogP contribution in [-0.4, -0.2) is 44.3 Å². The number of hydrogen-bond donors (Lipinski definition) is 1. The Hall–Kier alpha value is -2.89. The number of anilines is 1. The number of urea groups is 1. The van der Waals surface area contributed by atoms with Crippen LogP contribution in [0.5, 0.6) is 17.2 Å². The molecule has 0 atom stereocenters. The van der Waals surface area contributed by atoms with Crippen molar-refractivity contribution in [1.29, 1.82) is 0 Å². The molecule has 0 unspecified atom stereocenters. The van der Waals surface area contributed by atoms with E-state index < -0.39 is 0 Å². The molecule has 1 N–H and O–H groups in total. The summed E-state index contributed by atoms with van der Waals surface area (Å²) >= 11 is 0. The molecule has 0 aromatic heterocycles. The van der Waals surface area contributed by atoms with Gasteiger partial charge in [-0.25, -0.2) is 4.79 Å². The summed E-state index contributed by atoms with van der Waals surface area (Å²) in [5, 5.41) is 2.98. The number of fused-ring (bicyclic) bond motifs is 1. The Morgan fingerprint density at radius 1 is 1.07 bits per heavy atom. The van der Waals surface area contributed by atoms with Gasteiger partial charge >= 0.3 is 6.03 Å². The van der Waals surface area contributed by atoms with E-state index in [1.807, 2.05) is 35.2 Å². The molecule has 0 saturated carbocycles. The van der Waals surface area contributed by atoms with Crippen molar-refractivity contribution < 1.29 is 19.0 Å². The molecule has 2 aliphatic rings. The molecular formula is C23H28N2O4. The standard InChI is InChI=1S/C23H28N2O4/c1-27-20-7-4-17(5-8-20)2-3-18-10-12-25(13-11-18)23(26)24-19-6-9-21-22(16-19)29-15-14-28-21/h4-9,16,18H,2-3,10-15H2,1H3,(H,24,26). The lowest BCUT2D eigenvalue weighted by Crippen LogP contribution is -2.41. The van der Waals surface area contributed by atoms with Crippen LogP contribution in [-0.2, 0) is 6.42 Å².